The molecule has 1 fully saturated rings. The molecular formula is C17H22N6O. The van der Waals surface area contributed by atoms with Crippen molar-refractivity contribution in [1.29, 1.82) is 0 Å². The van der Waals surface area contributed by atoms with E-state index in [-0.39, 0.29) is 5.91 Å². The van der Waals surface area contributed by atoms with E-state index in [4.69, 9.17) is 0 Å². The topological polar surface area (TPSA) is 74.2 Å². The molecule has 1 amide bonds. The van der Waals surface area contributed by atoms with E-state index in [9.17, 15) is 4.79 Å². The van der Waals surface area contributed by atoms with Crippen LogP contribution in [0.3, 0.4) is 0 Å². The molecule has 0 bridgehead atoms. The van der Waals surface area contributed by atoms with E-state index in [1.807, 2.05) is 36.1 Å². The molecule has 1 aliphatic heterocycles. The summed E-state index contributed by atoms with van der Waals surface area (Å²) in [5, 5.41) is 11.7. The van der Waals surface area contributed by atoms with Crippen molar-refractivity contribution < 1.29 is 4.79 Å². The van der Waals surface area contributed by atoms with E-state index in [0.717, 1.165) is 44.1 Å². The number of nitrogens with one attached hydrogen (secondary N) is 1. The van der Waals surface area contributed by atoms with Gasteiger partial charge in [0, 0.05) is 50.7 Å². The molecule has 3 heterocycles. The van der Waals surface area contributed by atoms with Crippen molar-refractivity contribution in [2.75, 3.05) is 36.4 Å². The quantitative estimate of drug-likeness (QED) is 0.906. The van der Waals surface area contributed by atoms with Gasteiger partial charge < -0.3 is 15.1 Å². The SMILES string of the molecule is CCCC(=O)N1CCN(c2ccc(Nc3ccncc3)nn2)CC1. The second-order valence-electron chi connectivity index (χ2n) is 5.76. The minimum atomic E-state index is 0.250. The Labute approximate surface area is 141 Å². The van der Waals surface area contributed by atoms with Gasteiger partial charge in [-0.15, -0.1) is 10.2 Å². The fourth-order valence-corrected chi connectivity index (χ4v) is 2.70. The van der Waals surface area contributed by atoms with E-state index in [2.05, 4.69) is 25.4 Å². The van der Waals surface area contributed by atoms with Gasteiger partial charge in [0.1, 0.15) is 0 Å². The van der Waals surface area contributed by atoms with E-state index in [0.29, 0.717) is 12.2 Å². The largest absolute Gasteiger partial charge is 0.352 e. The van der Waals surface area contributed by atoms with Gasteiger partial charge in [-0.25, -0.2) is 0 Å². The van der Waals surface area contributed by atoms with Crippen LogP contribution in [0.1, 0.15) is 19.8 Å². The predicted molar refractivity (Wildman–Crippen MR) is 93.3 cm³/mol. The molecule has 0 unspecified atom stereocenters. The lowest BCUT2D eigenvalue weighted by molar-refractivity contribution is -0.131. The number of anilines is 3. The monoisotopic (exact) mass is 326 g/mol. The fourth-order valence-electron chi connectivity index (χ4n) is 2.70. The van der Waals surface area contributed by atoms with E-state index >= 15 is 0 Å². The van der Waals surface area contributed by atoms with Crippen molar-refractivity contribution in [2.24, 2.45) is 0 Å². The maximum absolute atomic E-state index is 11.9. The third-order valence-corrected chi connectivity index (χ3v) is 4.02. The highest BCUT2D eigenvalue weighted by molar-refractivity contribution is 5.76. The van der Waals surface area contributed by atoms with Gasteiger partial charge in [0.25, 0.3) is 0 Å². The first-order valence-electron chi connectivity index (χ1n) is 8.30. The van der Waals surface area contributed by atoms with Gasteiger partial charge in [-0.05, 0) is 30.7 Å². The Hall–Kier alpha value is -2.70. The number of amides is 1. The number of aromatic nitrogens is 3. The summed E-state index contributed by atoms with van der Waals surface area (Å²) < 4.78 is 0. The second-order valence-corrected chi connectivity index (χ2v) is 5.76. The van der Waals surface area contributed by atoms with E-state index < -0.39 is 0 Å². The van der Waals surface area contributed by atoms with Gasteiger partial charge in [-0.2, -0.15) is 0 Å². The second kappa shape index (κ2) is 7.72. The Balaban J connectivity index is 1.56. The number of carbonyl (C=O) groups is 1. The fraction of sp³-hybridized carbons (Fsp3) is 0.412. The zero-order valence-corrected chi connectivity index (χ0v) is 13.9. The third-order valence-electron chi connectivity index (χ3n) is 4.02. The number of pyridine rings is 1. The summed E-state index contributed by atoms with van der Waals surface area (Å²) in [6.07, 6.45) is 4.98. The first kappa shape index (κ1) is 16.2. The molecule has 3 rings (SSSR count). The van der Waals surface area contributed by atoms with E-state index in [1.165, 1.54) is 0 Å². The van der Waals surface area contributed by atoms with Crippen molar-refractivity contribution in [1.82, 2.24) is 20.1 Å². The molecule has 7 nitrogen and oxygen atoms in total. The Morgan fingerprint density at radius 3 is 2.46 bits per heavy atom. The molecule has 1 aliphatic rings. The molecule has 0 atom stereocenters. The van der Waals surface area contributed by atoms with Crippen LogP contribution in [-0.2, 0) is 4.79 Å². The summed E-state index contributed by atoms with van der Waals surface area (Å²) >= 11 is 0. The normalized spacial score (nSPS) is 14.5. The molecule has 0 aromatic carbocycles. The first-order chi connectivity index (χ1) is 11.8. The van der Waals surface area contributed by atoms with Crippen molar-refractivity contribution in [3.05, 3.63) is 36.7 Å². The van der Waals surface area contributed by atoms with Crippen LogP contribution < -0.4 is 10.2 Å². The third kappa shape index (κ3) is 3.98. The zero-order valence-electron chi connectivity index (χ0n) is 13.9. The first-order valence-corrected chi connectivity index (χ1v) is 8.30. The minimum Gasteiger partial charge on any atom is -0.352 e. The predicted octanol–water partition coefficient (Wildman–Crippen LogP) is 2.06. The summed E-state index contributed by atoms with van der Waals surface area (Å²) in [4.78, 5) is 20.0. The minimum absolute atomic E-state index is 0.250. The molecule has 1 N–H and O–H groups in total. The van der Waals surface area contributed by atoms with Gasteiger partial charge in [-0.3, -0.25) is 9.78 Å². The number of piperazine rings is 1. The average molecular weight is 326 g/mol. The van der Waals surface area contributed by atoms with Crippen LogP contribution in [0.5, 0.6) is 0 Å². The highest BCUT2D eigenvalue weighted by atomic mass is 16.2. The molecule has 0 saturated carbocycles. The maximum atomic E-state index is 11.9. The molecule has 126 valence electrons. The molecule has 0 radical (unpaired) electrons. The highest BCUT2D eigenvalue weighted by Crippen LogP contribution is 2.17. The zero-order chi connectivity index (χ0) is 16.8. The summed E-state index contributed by atoms with van der Waals surface area (Å²) in [5.74, 6) is 1.79. The lowest BCUT2D eigenvalue weighted by Crippen LogP contribution is -2.49. The van der Waals surface area contributed by atoms with Gasteiger partial charge in [0.05, 0.1) is 0 Å². The molecule has 2 aromatic rings. The summed E-state index contributed by atoms with van der Waals surface area (Å²) in [6, 6.07) is 7.63. The van der Waals surface area contributed by atoms with Crippen LogP contribution in [0.25, 0.3) is 0 Å². The molecule has 0 aliphatic carbocycles. The summed E-state index contributed by atoms with van der Waals surface area (Å²) in [7, 11) is 0. The van der Waals surface area contributed by atoms with Crippen molar-refractivity contribution in [3.63, 3.8) is 0 Å². The molecule has 7 heteroatoms. The van der Waals surface area contributed by atoms with E-state index in [1.54, 1.807) is 12.4 Å². The van der Waals surface area contributed by atoms with Gasteiger partial charge in [0.15, 0.2) is 11.6 Å². The number of hydrogen-bond acceptors (Lipinski definition) is 6. The maximum Gasteiger partial charge on any atom is 0.222 e. The Morgan fingerprint density at radius 2 is 1.83 bits per heavy atom. The van der Waals surface area contributed by atoms with Crippen LogP contribution in [0.15, 0.2) is 36.7 Å². The van der Waals surface area contributed by atoms with Crippen molar-refractivity contribution >= 4 is 23.2 Å². The summed E-state index contributed by atoms with van der Waals surface area (Å²) in [6.45, 7) is 5.11. The van der Waals surface area contributed by atoms with Crippen LogP contribution in [0.2, 0.25) is 0 Å². The number of nitrogens with zero attached hydrogens (tertiary/aromatic N) is 5. The Kier molecular flexibility index (Phi) is 5.20. The lowest BCUT2D eigenvalue weighted by atomic mass is 10.2. The van der Waals surface area contributed by atoms with Crippen LogP contribution in [0.4, 0.5) is 17.3 Å². The van der Waals surface area contributed by atoms with Crippen LogP contribution in [-0.4, -0.2) is 52.2 Å². The number of carbonyl (C=O) groups excluding carboxylic acids is 1. The highest BCUT2D eigenvalue weighted by Gasteiger charge is 2.21. The molecular weight excluding hydrogens is 304 g/mol. The van der Waals surface area contributed by atoms with Gasteiger partial charge in [-0.1, -0.05) is 6.92 Å². The molecule has 24 heavy (non-hydrogen) atoms. The Morgan fingerprint density at radius 1 is 1.08 bits per heavy atom. The van der Waals surface area contributed by atoms with Crippen LogP contribution in [0, 0.1) is 0 Å². The van der Waals surface area contributed by atoms with Crippen molar-refractivity contribution in [3.8, 4) is 0 Å². The average Bonchev–Trinajstić information content (AvgIpc) is 2.64. The molecule has 1 saturated heterocycles. The number of rotatable bonds is 5. The van der Waals surface area contributed by atoms with Crippen molar-refractivity contribution in [2.45, 2.75) is 19.8 Å². The lowest BCUT2D eigenvalue weighted by Gasteiger charge is -2.35. The van der Waals surface area contributed by atoms with Crippen LogP contribution >= 0.6 is 0 Å². The summed E-state index contributed by atoms with van der Waals surface area (Å²) in [5.41, 5.74) is 0.926. The standard InChI is InChI=1S/C17H22N6O/c1-2-3-17(24)23-12-10-22(11-13-23)16-5-4-15(20-21-16)19-14-6-8-18-9-7-14/h4-9H,2-3,10-13H2,1H3,(H,18,19,20). The molecule has 0 spiro atoms. The smallest absolute Gasteiger partial charge is 0.222 e. The molecule has 2 aromatic heterocycles. The Bertz CT molecular complexity index is 653. The van der Waals surface area contributed by atoms with Gasteiger partial charge >= 0.3 is 0 Å². The number of hydrogen-bond donors (Lipinski definition) is 1. The van der Waals surface area contributed by atoms with Gasteiger partial charge in [0.2, 0.25) is 5.91 Å².